The van der Waals surface area contributed by atoms with E-state index in [2.05, 4.69) is 4.90 Å². The van der Waals surface area contributed by atoms with Gasteiger partial charge in [0.05, 0.1) is 12.3 Å². The highest BCUT2D eigenvalue weighted by atomic mass is 32.1. The number of esters is 1. The van der Waals surface area contributed by atoms with E-state index >= 15 is 0 Å². The van der Waals surface area contributed by atoms with Gasteiger partial charge < -0.3 is 24.0 Å². The van der Waals surface area contributed by atoms with Gasteiger partial charge in [0.25, 0.3) is 0 Å². The van der Waals surface area contributed by atoms with Gasteiger partial charge in [-0.05, 0) is 76.9 Å². The fraction of sp³-hybridized carbons (Fsp3) is 0.414. The van der Waals surface area contributed by atoms with Crippen LogP contribution in [0.25, 0.3) is 11.3 Å². The van der Waals surface area contributed by atoms with Crippen molar-refractivity contribution in [1.29, 1.82) is 0 Å². The van der Waals surface area contributed by atoms with Crippen molar-refractivity contribution in [2.24, 2.45) is 0 Å². The van der Waals surface area contributed by atoms with E-state index in [9.17, 15) is 9.59 Å². The number of anilines is 1. The number of thiazole rings is 1. The van der Waals surface area contributed by atoms with Crippen molar-refractivity contribution in [3.05, 3.63) is 59.5 Å². The first kappa shape index (κ1) is 27.4. The van der Waals surface area contributed by atoms with Crippen LogP contribution in [0.15, 0.2) is 54.6 Å². The van der Waals surface area contributed by atoms with Crippen LogP contribution in [-0.2, 0) is 9.47 Å². The number of carbonyl (C=O) groups excluding carboxylic acids is 2. The molecule has 1 aliphatic rings. The molecule has 38 heavy (non-hydrogen) atoms. The highest BCUT2D eigenvalue weighted by molar-refractivity contribution is 7.17. The lowest BCUT2D eigenvalue weighted by Gasteiger charge is -2.37. The third kappa shape index (κ3) is 6.83. The maximum Gasteiger partial charge on any atom is 0.410 e. The number of piperidine rings is 1. The summed E-state index contributed by atoms with van der Waals surface area (Å²) in [6.45, 7) is 9.12. The predicted octanol–water partition coefficient (Wildman–Crippen LogP) is 6.61. The van der Waals surface area contributed by atoms with E-state index in [1.165, 1.54) is 11.3 Å². The minimum atomic E-state index is -0.529. The smallest absolute Gasteiger partial charge is 0.410 e. The largest absolute Gasteiger partial charge is 0.462 e. The number of carbonyl (C=O) groups is 2. The Kier molecular flexibility index (Phi) is 8.56. The summed E-state index contributed by atoms with van der Waals surface area (Å²) in [6, 6.07) is 17.2. The van der Waals surface area contributed by atoms with Crippen LogP contribution in [0.3, 0.4) is 0 Å². The molecule has 0 spiro atoms. The van der Waals surface area contributed by atoms with Crippen molar-refractivity contribution in [2.75, 3.05) is 31.6 Å². The molecule has 3 aromatic rings. The molecule has 0 atom stereocenters. The third-order valence-electron chi connectivity index (χ3n) is 6.15. The predicted molar refractivity (Wildman–Crippen MR) is 149 cm³/mol. The number of hydrogen-bond donors (Lipinski definition) is 0. The molecule has 0 aliphatic carbocycles. The average Bonchev–Trinajstić information content (AvgIpc) is 3.34. The van der Waals surface area contributed by atoms with E-state index in [1.807, 2.05) is 75.4 Å². The van der Waals surface area contributed by atoms with Crippen molar-refractivity contribution in [3.8, 4) is 22.8 Å². The number of ether oxygens (including phenoxy) is 3. The molecule has 0 N–H and O–H groups in total. The molecule has 0 saturated carbocycles. The number of amides is 1. The Bertz CT molecular complexity index is 1230. The van der Waals surface area contributed by atoms with Crippen LogP contribution in [-0.4, -0.2) is 60.3 Å². The van der Waals surface area contributed by atoms with Gasteiger partial charge in [0.1, 0.15) is 22.0 Å². The zero-order chi connectivity index (χ0) is 27.3. The van der Waals surface area contributed by atoms with E-state index in [0.717, 1.165) is 42.4 Å². The molecule has 1 aliphatic heterocycles. The summed E-state index contributed by atoms with van der Waals surface area (Å²) in [5, 5.41) is 0.769. The molecule has 202 valence electrons. The molecular weight excluding hydrogens is 502 g/mol. The Balaban J connectivity index is 1.49. The molecule has 2 aromatic carbocycles. The van der Waals surface area contributed by atoms with Gasteiger partial charge in [-0.2, -0.15) is 0 Å². The lowest BCUT2D eigenvalue weighted by Crippen LogP contribution is -2.47. The normalized spacial score (nSPS) is 14.2. The van der Waals surface area contributed by atoms with Gasteiger partial charge >= 0.3 is 12.1 Å². The second-order valence-electron chi connectivity index (χ2n) is 10.1. The summed E-state index contributed by atoms with van der Waals surface area (Å²) in [6.07, 6.45) is 1.26. The number of rotatable bonds is 7. The SMILES string of the molecule is CCOC(=O)c1sc(N2CCC(N(C)C(=O)OC(C)(C)C)CC2)nc1-c1ccc(Oc2ccccc2)cc1. The van der Waals surface area contributed by atoms with Crippen molar-refractivity contribution >= 4 is 28.5 Å². The molecule has 2 heterocycles. The molecule has 0 radical (unpaired) electrons. The van der Waals surface area contributed by atoms with Crippen molar-refractivity contribution in [1.82, 2.24) is 9.88 Å². The van der Waals surface area contributed by atoms with Gasteiger partial charge in [0.2, 0.25) is 0 Å². The molecule has 1 aromatic heterocycles. The maximum atomic E-state index is 12.8. The minimum Gasteiger partial charge on any atom is -0.462 e. The lowest BCUT2D eigenvalue weighted by molar-refractivity contribution is 0.0200. The van der Waals surface area contributed by atoms with Crippen LogP contribution in [0, 0.1) is 0 Å². The van der Waals surface area contributed by atoms with E-state index in [1.54, 1.807) is 18.9 Å². The summed E-state index contributed by atoms with van der Waals surface area (Å²) < 4.78 is 16.8. The average molecular weight is 538 g/mol. The summed E-state index contributed by atoms with van der Waals surface area (Å²) in [4.78, 5) is 34.5. The molecule has 1 amide bonds. The van der Waals surface area contributed by atoms with Crippen LogP contribution in [0.5, 0.6) is 11.5 Å². The number of benzene rings is 2. The Labute approximate surface area is 228 Å². The Morgan fingerprint density at radius 3 is 2.26 bits per heavy atom. The third-order valence-corrected chi connectivity index (χ3v) is 7.24. The van der Waals surface area contributed by atoms with Crippen LogP contribution >= 0.6 is 11.3 Å². The zero-order valence-corrected chi connectivity index (χ0v) is 23.4. The summed E-state index contributed by atoms with van der Waals surface area (Å²) in [5.74, 6) is 1.07. The van der Waals surface area contributed by atoms with E-state index in [-0.39, 0.29) is 24.7 Å². The fourth-order valence-corrected chi connectivity index (χ4v) is 5.24. The number of para-hydroxylation sites is 1. The highest BCUT2D eigenvalue weighted by Crippen LogP contribution is 2.36. The molecule has 1 saturated heterocycles. The second-order valence-corrected chi connectivity index (χ2v) is 11.1. The van der Waals surface area contributed by atoms with Gasteiger partial charge in [0.15, 0.2) is 5.13 Å². The van der Waals surface area contributed by atoms with Gasteiger partial charge in [-0.25, -0.2) is 14.6 Å². The molecule has 9 heteroatoms. The Morgan fingerprint density at radius 2 is 1.66 bits per heavy atom. The van der Waals surface area contributed by atoms with Crippen LogP contribution < -0.4 is 9.64 Å². The standard InChI is InChI=1S/C29H35N3O5S/c1-6-35-26(33)25-24(20-12-14-23(15-13-20)36-22-10-8-7-9-11-22)30-27(38-25)32-18-16-21(17-19-32)31(5)28(34)37-29(2,3)4/h7-15,21H,6,16-19H2,1-5H3. The summed E-state index contributed by atoms with van der Waals surface area (Å²) in [7, 11) is 1.79. The van der Waals surface area contributed by atoms with E-state index in [0.29, 0.717) is 16.3 Å². The second kappa shape index (κ2) is 11.9. The monoisotopic (exact) mass is 537 g/mol. The topological polar surface area (TPSA) is 81.2 Å². The van der Waals surface area contributed by atoms with Gasteiger partial charge in [-0.3, -0.25) is 0 Å². The summed E-state index contributed by atoms with van der Waals surface area (Å²) >= 11 is 1.34. The van der Waals surface area contributed by atoms with Crippen molar-refractivity contribution in [3.63, 3.8) is 0 Å². The first-order valence-corrected chi connectivity index (χ1v) is 13.7. The van der Waals surface area contributed by atoms with Gasteiger partial charge in [-0.15, -0.1) is 0 Å². The van der Waals surface area contributed by atoms with Gasteiger partial charge in [0, 0.05) is 31.7 Å². The Hall–Kier alpha value is -3.59. The van der Waals surface area contributed by atoms with Crippen LogP contribution in [0.2, 0.25) is 0 Å². The van der Waals surface area contributed by atoms with Crippen LogP contribution in [0.1, 0.15) is 50.2 Å². The number of nitrogens with zero attached hydrogens (tertiary/aromatic N) is 3. The highest BCUT2D eigenvalue weighted by Gasteiger charge is 2.31. The molecule has 8 nitrogen and oxygen atoms in total. The molecule has 0 unspecified atom stereocenters. The van der Waals surface area contributed by atoms with E-state index in [4.69, 9.17) is 19.2 Å². The first-order chi connectivity index (χ1) is 18.1. The fourth-order valence-electron chi connectivity index (χ4n) is 4.21. The summed E-state index contributed by atoms with van der Waals surface area (Å²) in [5.41, 5.74) is 0.886. The van der Waals surface area contributed by atoms with Crippen molar-refractivity contribution < 1.29 is 23.8 Å². The molecular formula is C29H35N3O5S. The van der Waals surface area contributed by atoms with Gasteiger partial charge in [-0.1, -0.05) is 29.5 Å². The number of hydrogen-bond acceptors (Lipinski definition) is 8. The zero-order valence-electron chi connectivity index (χ0n) is 22.6. The number of aromatic nitrogens is 1. The molecule has 0 bridgehead atoms. The first-order valence-electron chi connectivity index (χ1n) is 12.9. The maximum absolute atomic E-state index is 12.8. The van der Waals surface area contributed by atoms with Crippen LogP contribution in [0.4, 0.5) is 9.93 Å². The minimum absolute atomic E-state index is 0.0854. The van der Waals surface area contributed by atoms with Crippen molar-refractivity contribution in [2.45, 2.75) is 52.2 Å². The van der Waals surface area contributed by atoms with E-state index < -0.39 is 5.60 Å². The molecule has 4 rings (SSSR count). The lowest BCUT2D eigenvalue weighted by atomic mass is 10.0. The molecule has 1 fully saturated rings. The Morgan fingerprint density at radius 1 is 1.03 bits per heavy atom. The quantitative estimate of drug-likeness (QED) is 0.314.